The minimum Gasteiger partial charge on any atom is -0.257 e. The van der Waals surface area contributed by atoms with Crippen LogP contribution in [0.25, 0.3) is 16.8 Å². The molecule has 0 bridgehead atoms. The number of hydrogen-bond donors (Lipinski definition) is 0. The lowest BCUT2D eigenvalue weighted by Gasteiger charge is -2.31. The van der Waals surface area contributed by atoms with Crippen molar-refractivity contribution in [1.82, 2.24) is 9.97 Å². The number of allylic oxidation sites excluding steroid dienone is 1. The molecule has 1 aliphatic rings. The van der Waals surface area contributed by atoms with Crippen LogP contribution in [0.15, 0.2) is 23.9 Å². The summed E-state index contributed by atoms with van der Waals surface area (Å²) in [5.74, 6) is 0. The first kappa shape index (κ1) is 10.5. The van der Waals surface area contributed by atoms with Crippen molar-refractivity contribution in [3.05, 3.63) is 41.0 Å². The van der Waals surface area contributed by atoms with Gasteiger partial charge in [0.1, 0.15) is 0 Å². The monoisotopic (exact) mass is 224 g/mol. The Bertz CT molecular complexity index is 651. The van der Waals surface area contributed by atoms with Crippen molar-refractivity contribution in [2.24, 2.45) is 0 Å². The van der Waals surface area contributed by atoms with Gasteiger partial charge in [-0.1, -0.05) is 19.4 Å². The van der Waals surface area contributed by atoms with Crippen molar-refractivity contribution in [2.75, 3.05) is 0 Å². The van der Waals surface area contributed by atoms with E-state index >= 15 is 0 Å². The van der Waals surface area contributed by atoms with E-state index in [0.29, 0.717) is 0 Å². The lowest BCUT2D eigenvalue weighted by Crippen LogP contribution is -2.24. The summed E-state index contributed by atoms with van der Waals surface area (Å²) in [6, 6.07) is 4.20. The molecule has 0 spiro atoms. The lowest BCUT2D eigenvalue weighted by atomic mass is 9.75. The molecule has 2 heteroatoms. The molecule has 0 amide bonds. The lowest BCUT2D eigenvalue weighted by molar-refractivity contribution is 0.606. The van der Waals surface area contributed by atoms with Gasteiger partial charge in [0.25, 0.3) is 0 Å². The van der Waals surface area contributed by atoms with Crippen LogP contribution < -0.4 is 0 Å². The molecule has 0 unspecified atom stereocenters. The molecule has 0 atom stereocenters. The summed E-state index contributed by atoms with van der Waals surface area (Å²) in [7, 11) is 0. The molecular formula is C15H16N2. The topological polar surface area (TPSA) is 25.8 Å². The van der Waals surface area contributed by atoms with Crippen LogP contribution in [0.5, 0.6) is 0 Å². The molecule has 0 N–H and O–H groups in total. The summed E-state index contributed by atoms with van der Waals surface area (Å²) in [6.45, 7) is 8.68. The Kier molecular flexibility index (Phi) is 1.94. The molecule has 3 rings (SSSR count). The summed E-state index contributed by atoms with van der Waals surface area (Å²) < 4.78 is 0. The molecule has 0 fully saturated rings. The Morgan fingerprint density at radius 2 is 1.94 bits per heavy atom. The molecule has 2 heterocycles. The van der Waals surface area contributed by atoms with Crippen molar-refractivity contribution < 1.29 is 0 Å². The average Bonchev–Trinajstić information content (AvgIpc) is 2.26. The van der Waals surface area contributed by atoms with Gasteiger partial charge in [-0.2, -0.15) is 0 Å². The van der Waals surface area contributed by atoms with Gasteiger partial charge in [0.2, 0.25) is 0 Å². The van der Waals surface area contributed by atoms with Gasteiger partial charge in [0, 0.05) is 22.7 Å². The van der Waals surface area contributed by atoms with Gasteiger partial charge in [-0.25, -0.2) is 0 Å². The Morgan fingerprint density at radius 3 is 2.71 bits per heavy atom. The molecule has 2 nitrogen and oxygen atoms in total. The highest BCUT2D eigenvalue weighted by molar-refractivity contribution is 5.94. The predicted octanol–water partition coefficient (Wildman–Crippen LogP) is 3.63. The van der Waals surface area contributed by atoms with Crippen molar-refractivity contribution in [3.63, 3.8) is 0 Å². The summed E-state index contributed by atoms with van der Waals surface area (Å²) in [5.41, 5.74) is 4.62. The largest absolute Gasteiger partial charge is 0.257 e. The van der Waals surface area contributed by atoms with Crippen LogP contribution in [0, 0.1) is 6.92 Å². The number of aromatic nitrogens is 2. The maximum Gasteiger partial charge on any atom is 0.0726 e. The van der Waals surface area contributed by atoms with Gasteiger partial charge >= 0.3 is 0 Å². The van der Waals surface area contributed by atoms with Gasteiger partial charge in [-0.15, -0.1) is 0 Å². The number of hydrogen-bond acceptors (Lipinski definition) is 2. The Hall–Kier alpha value is -1.70. The predicted molar refractivity (Wildman–Crippen MR) is 71.0 cm³/mol. The summed E-state index contributed by atoms with van der Waals surface area (Å²) in [6.07, 6.45) is 4.06. The van der Waals surface area contributed by atoms with Gasteiger partial charge < -0.3 is 0 Å². The minimum atomic E-state index is 0.000301. The smallest absolute Gasteiger partial charge is 0.0726 e. The summed E-state index contributed by atoms with van der Waals surface area (Å²) in [4.78, 5) is 9.22. The maximum absolute atomic E-state index is 4.75. The van der Waals surface area contributed by atoms with Gasteiger partial charge in [0.15, 0.2) is 0 Å². The molecule has 2 aromatic heterocycles. The highest BCUT2D eigenvalue weighted by Crippen LogP contribution is 2.40. The molecule has 86 valence electrons. The van der Waals surface area contributed by atoms with Crippen LogP contribution in [0.3, 0.4) is 0 Å². The number of pyridine rings is 2. The Balaban J connectivity index is 2.53. The highest BCUT2D eigenvalue weighted by Gasteiger charge is 2.31. The zero-order chi connectivity index (χ0) is 12.2. The van der Waals surface area contributed by atoms with E-state index in [9.17, 15) is 0 Å². The third kappa shape index (κ3) is 1.33. The van der Waals surface area contributed by atoms with Crippen LogP contribution in [0.1, 0.15) is 37.9 Å². The zero-order valence-electron chi connectivity index (χ0n) is 10.7. The van der Waals surface area contributed by atoms with Crippen molar-refractivity contribution in [2.45, 2.75) is 33.1 Å². The molecule has 2 aromatic rings. The zero-order valence-corrected chi connectivity index (χ0v) is 10.7. The first-order chi connectivity index (χ1) is 8.00. The molecular weight excluding hydrogens is 208 g/mol. The number of aryl methyl sites for hydroxylation is 1. The van der Waals surface area contributed by atoms with E-state index in [1.165, 1.54) is 16.3 Å². The normalized spacial score (nSPS) is 17.1. The maximum atomic E-state index is 4.75. The summed E-state index contributed by atoms with van der Waals surface area (Å²) >= 11 is 0. The third-order valence-corrected chi connectivity index (χ3v) is 3.83. The second kappa shape index (κ2) is 3.16. The van der Waals surface area contributed by atoms with Crippen molar-refractivity contribution in [1.29, 1.82) is 0 Å². The fraction of sp³-hybridized carbons (Fsp3) is 0.333. The Labute approximate surface area is 101 Å². The number of rotatable bonds is 0. The van der Waals surface area contributed by atoms with E-state index in [2.05, 4.69) is 50.9 Å². The first-order valence-electron chi connectivity index (χ1n) is 5.96. The molecule has 17 heavy (non-hydrogen) atoms. The van der Waals surface area contributed by atoms with Gasteiger partial charge in [-0.05, 0) is 37.4 Å². The minimum absolute atomic E-state index is 0.000301. The van der Waals surface area contributed by atoms with Gasteiger partial charge in [0.05, 0.1) is 11.4 Å². The average molecular weight is 224 g/mol. The van der Waals surface area contributed by atoms with E-state index in [0.717, 1.165) is 17.1 Å². The SMILES string of the molecule is CC1=Cc2nccc3cc(C)nc(c23)C1(C)C. The fourth-order valence-electron chi connectivity index (χ4n) is 2.50. The van der Waals surface area contributed by atoms with E-state index in [4.69, 9.17) is 4.98 Å². The second-order valence-electron chi connectivity index (χ2n) is 5.36. The molecule has 0 saturated carbocycles. The van der Waals surface area contributed by atoms with Crippen molar-refractivity contribution in [3.8, 4) is 0 Å². The van der Waals surface area contributed by atoms with E-state index in [1.54, 1.807) is 0 Å². The third-order valence-electron chi connectivity index (χ3n) is 3.83. The van der Waals surface area contributed by atoms with E-state index in [-0.39, 0.29) is 5.41 Å². The summed E-state index contributed by atoms with van der Waals surface area (Å²) in [5, 5.41) is 2.46. The van der Waals surface area contributed by atoms with Gasteiger partial charge in [-0.3, -0.25) is 9.97 Å². The molecule has 0 radical (unpaired) electrons. The van der Waals surface area contributed by atoms with Crippen LogP contribution in [0.2, 0.25) is 0 Å². The Morgan fingerprint density at radius 1 is 1.18 bits per heavy atom. The highest BCUT2D eigenvalue weighted by atomic mass is 14.8. The van der Waals surface area contributed by atoms with Crippen LogP contribution in [-0.4, -0.2) is 9.97 Å². The second-order valence-corrected chi connectivity index (χ2v) is 5.36. The quantitative estimate of drug-likeness (QED) is 0.683. The van der Waals surface area contributed by atoms with Crippen LogP contribution in [-0.2, 0) is 5.41 Å². The standard InChI is InChI=1S/C15H16N2/c1-9-7-12-13-11(5-6-16-12)8-10(2)17-14(13)15(9,3)4/h5-8H,1-4H3. The van der Waals surface area contributed by atoms with Crippen LogP contribution in [0.4, 0.5) is 0 Å². The molecule has 1 aliphatic carbocycles. The van der Waals surface area contributed by atoms with Crippen molar-refractivity contribution >= 4 is 16.8 Å². The molecule has 0 saturated heterocycles. The molecule has 0 aliphatic heterocycles. The molecule has 0 aromatic carbocycles. The van der Waals surface area contributed by atoms with E-state index in [1.807, 2.05) is 6.20 Å². The fourth-order valence-corrected chi connectivity index (χ4v) is 2.50. The van der Waals surface area contributed by atoms with E-state index < -0.39 is 0 Å². The van der Waals surface area contributed by atoms with Crippen LogP contribution >= 0.6 is 0 Å². The number of nitrogens with zero attached hydrogens (tertiary/aromatic N) is 2. The first-order valence-corrected chi connectivity index (χ1v) is 5.96.